The molecular weight excluding hydrogens is 394 g/mol. The number of hydrogen-bond donors (Lipinski definition) is 2. The van der Waals surface area contributed by atoms with Crippen LogP contribution >= 0.6 is 0 Å². The number of carbonyl (C=O) groups excluding carboxylic acids is 1. The number of nitrogens with one attached hydrogen (secondary N) is 1. The van der Waals surface area contributed by atoms with Crippen LogP contribution in [0.4, 0.5) is 5.82 Å². The third-order valence-electron chi connectivity index (χ3n) is 5.77. The van der Waals surface area contributed by atoms with E-state index in [-0.39, 0.29) is 13.6 Å². The summed E-state index contributed by atoms with van der Waals surface area (Å²) in [6.07, 6.45) is 2.20. The molecule has 0 spiro atoms. The van der Waals surface area contributed by atoms with Gasteiger partial charge in [0.15, 0.2) is 5.75 Å². The summed E-state index contributed by atoms with van der Waals surface area (Å²) in [6, 6.07) is 9.71. The van der Waals surface area contributed by atoms with E-state index in [2.05, 4.69) is 16.8 Å². The molecule has 0 unspecified atom stereocenters. The average molecular weight is 424 g/mol. The molecular formula is C24H29N3O4. The van der Waals surface area contributed by atoms with Gasteiger partial charge in [-0.25, -0.2) is 9.78 Å². The number of piperidine rings is 1. The molecule has 0 saturated carbocycles. The Hall–Kier alpha value is -3.35. The highest BCUT2D eigenvalue weighted by atomic mass is 16.5. The van der Waals surface area contributed by atoms with Crippen LogP contribution < -0.4 is 10.3 Å². The molecule has 2 aromatic heterocycles. The van der Waals surface area contributed by atoms with Gasteiger partial charge in [-0.15, -0.1) is 0 Å². The number of aromatic hydroxyl groups is 1. The van der Waals surface area contributed by atoms with E-state index in [0.29, 0.717) is 22.9 Å². The zero-order chi connectivity index (χ0) is 22.1. The minimum absolute atomic E-state index is 0. The van der Waals surface area contributed by atoms with Crippen LogP contribution in [0.3, 0.4) is 0 Å². The molecule has 1 aliphatic rings. The number of benzene rings is 1. The van der Waals surface area contributed by atoms with Crippen LogP contribution in [0, 0.1) is 12.8 Å². The number of aromatic amines is 1. The minimum atomic E-state index is -0.764. The van der Waals surface area contributed by atoms with Crippen molar-refractivity contribution in [3.05, 3.63) is 51.8 Å². The lowest BCUT2D eigenvalue weighted by molar-refractivity contribution is 0.0525. The second kappa shape index (κ2) is 8.41. The fourth-order valence-corrected chi connectivity index (χ4v) is 4.22. The van der Waals surface area contributed by atoms with Gasteiger partial charge in [0.2, 0.25) is 5.43 Å². The van der Waals surface area contributed by atoms with Crippen molar-refractivity contribution in [2.24, 2.45) is 5.92 Å². The molecule has 3 heterocycles. The van der Waals surface area contributed by atoms with Crippen molar-refractivity contribution in [3.8, 4) is 17.0 Å². The Morgan fingerprint density at radius 1 is 1.39 bits per heavy atom. The number of para-hydroxylation sites is 1. The zero-order valence-corrected chi connectivity index (χ0v) is 18.1. The van der Waals surface area contributed by atoms with Crippen LogP contribution in [0.1, 0.15) is 44.2 Å². The highest BCUT2D eigenvalue weighted by Crippen LogP contribution is 2.35. The van der Waals surface area contributed by atoms with Crippen molar-refractivity contribution < 1.29 is 16.1 Å². The van der Waals surface area contributed by atoms with E-state index in [1.807, 2.05) is 30.3 Å². The van der Waals surface area contributed by atoms with Gasteiger partial charge in [0.25, 0.3) is 0 Å². The number of ether oxygens (including phenoxy) is 1. The standard InChI is InChI=1S/C24H27N3O4.H2/c1-4-31-24(30)19-20(25-15(3)21(28)22(19)29)17-12-16-9-5-6-10-18(16)26-23(17)27-11-7-8-14(2)13-27;/h5-6,9-10,12,14,28H,4,7-8,11,13H2,1-3H3,(H,25,29);1H/t14-;/m0./s1. The molecule has 31 heavy (non-hydrogen) atoms. The largest absolute Gasteiger partial charge is 0.503 e. The first-order valence-corrected chi connectivity index (χ1v) is 10.7. The van der Waals surface area contributed by atoms with Gasteiger partial charge in [-0.3, -0.25) is 4.79 Å². The molecule has 1 aromatic carbocycles. The van der Waals surface area contributed by atoms with Crippen LogP contribution in [0.5, 0.6) is 5.75 Å². The second-order valence-corrected chi connectivity index (χ2v) is 8.14. The first-order valence-electron chi connectivity index (χ1n) is 10.7. The molecule has 1 fully saturated rings. The zero-order valence-electron chi connectivity index (χ0n) is 18.1. The van der Waals surface area contributed by atoms with E-state index in [1.54, 1.807) is 13.8 Å². The molecule has 1 aliphatic heterocycles. The molecule has 2 N–H and O–H groups in total. The van der Waals surface area contributed by atoms with Crippen molar-refractivity contribution in [1.29, 1.82) is 0 Å². The van der Waals surface area contributed by atoms with E-state index in [1.165, 1.54) is 0 Å². The van der Waals surface area contributed by atoms with Gasteiger partial charge in [0.1, 0.15) is 11.4 Å². The molecule has 0 amide bonds. The molecule has 3 aromatic rings. The van der Waals surface area contributed by atoms with Gasteiger partial charge >= 0.3 is 5.97 Å². The van der Waals surface area contributed by atoms with Crippen LogP contribution in [-0.4, -0.2) is 40.7 Å². The topological polar surface area (TPSA) is 95.5 Å². The number of pyridine rings is 2. The number of esters is 1. The van der Waals surface area contributed by atoms with E-state index in [4.69, 9.17) is 9.72 Å². The molecule has 164 valence electrons. The van der Waals surface area contributed by atoms with E-state index >= 15 is 0 Å². The summed E-state index contributed by atoms with van der Waals surface area (Å²) in [5, 5.41) is 11.1. The second-order valence-electron chi connectivity index (χ2n) is 8.14. The van der Waals surface area contributed by atoms with Crippen molar-refractivity contribution in [2.45, 2.75) is 33.6 Å². The molecule has 7 nitrogen and oxygen atoms in total. The minimum Gasteiger partial charge on any atom is -0.503 e. The Balaban J connectivity index is 0.00000289. The SMILES string of the molecule is CCOC(=O)c1c(-c2cc3ccccc3nc2N2CCC[C@H](C)C2)[nH]c(C)c(O)c1=O.[HH]. The number of aromatic nitrogens is 2. The lowest BCUT2D eigenvalue weighted by atomic mass is 9.98. The Kier molecular flexibility index (Phi) is 5.67. The lowest BCUT2D eigenvalue weighted by Gasteiger charge is -2.33. The van der Waals surface area contributed by atoms with Gasteiger partial charge in [0, 0.05) is 25.5 Å². The van der Waals surface area contributed by atoms with Crippen LogP contribution in [-0.2, 0) is 4.74 Å². The fraction of sp³-hybridized carbons (Fsp3) is 0.375. The first kappa shape index (κ1) is 20.9. The molecule has 0 aliphatic carbocycles. The summed E-state index contributed by atoms with van der Waals surface area (Å²) < 4.78 is 5.15. The Bertz CT molecular complexity index is 1210. The highest BCUT2D eigenvalue weighted by Gasteiger charge is 2.28. The summed E-state index contributed by atoms with van der Waals surface area (Å²) in [7, 11) is 0. The van der Waals surface area contributed by atoms with Gasteiger partial charge in [0.05, 0.1) is 23.5 Å². The van der Waals surface area contributed by atoms with E-state index in [9.17, 15) is 14.7 Å². The number of aryl methyl sites for hydroxylation is 1. The quantitative estimate of drug-likeness (QED) is 0.609. The van der Waals surface area contributed by atoms with Crippen molar-refractivity contribution >= 4 is 22.7 Å². The summed E-state index contributed by atoms with van der Waals surface area (Å²) in [6.45, 7) is 7.31. The normalized spacial score (nSPS) is 16.5. The first-order chi connectivity index (χ1) is 14.9. The summed E-state index contributed by atoms with van der Waals surface area (Å²) in [5.41, 5.74) is 1.17. The van der Waals surface area contributed by atoms with Crippen molar-refractivity contribution in [1.82, 2.24) is 9.97 Å². The van der Waals surface area contributed by atoms with Crippen LogP contribution in [0.2, 0.25) is 0 Å². The number of rotatable bonds is 4. The Morgan fingerprint density at radius 2 is 2.16 bits per heavy atom. The molecule has 1 saturated heterocycles. The molecule has 0 bridgehead atoms. The molecule has 7 heteroatoms. The van der Waals surface area contributed by atoms with Gasteiger partial charge in [-0.2, -0.15) is 0 Å². The maximum absolute atomic E-state index is 12.9. The Labute approximate surface area is 182 Å². The van der Waals surface area contributed by atoms with Crippen molar-refractivity contribution in [2.75, 3.05) is 24.6 Å². The predicted molar refractivity (Wildman–Crippen MR) is 123 cm³/mol. The van der Waals surface area contributed by atoms with E-state index in [0.717, 1.165) is 42.7 Å². The third-order valence-corrected chi connectivity index (χ3v) is 5.77. The highest BCUT2D eigenvalue weighted by molar-refractivity contribution is 6.00. The summed E-state index contributed by atoms with van der Waals surface area (Å²) in [5.74, 6) is -0.00888. The van der Waals surface area contributed by atoms with Crippen LogP contribution in [0.25, 0.3) is 22.2 Å². The number of nitrogens with zero attached hydrogens (tertiary/aromatic N) is 2. The van der Waals surface area contributed by atoms with Crippen molar-refractivity contribution in [3.63, 3.8) is 0 Å². The maximum atomic E-state index is 12.9. The smallest absolute Gasteiger partial charge is 0.344 e. The maximum Gasteiger partial charge on any atom is 0.344 e. The predicted octanol–water partition coefficient (Wildman–Crippen LogP) is 4.26. The molecule has 0 radical (unpaired) electrons. The number of H-pyrrole nitrogens is 1. The fourth-order valence-electron chi connectivity index (χ4n) is 4.22. The molecule has 1 atom stereocenters. The van der Waals surface area contributed by atoms with Gasteiger partial charge in [-0.05, 0) is 44.7 Å². The summed E-state index contributed by atoms with van der Waals surface area (Å²) >= 11 is 0. The Morgan fingerprint density at radius 3 is 2.90 bits per heavy atom. The summed E-state index contributed by atoms with van der Waals surface area (Å²) in [4.78, 5) is 35.9. The number of carbonyl (C=O) groups is 1. The number of hydrogen-bond acceptors (Lipinski definition) is 6. The van der Waals surface area contributed by atoms with Gasteiger partial charge in [-0.1, -0.05) is 25.1 Å². The van der Waals surface area contributed by atoms with Crippen LogP contribution in [0.15, 0.2) is 35.1 Å². The molecule has 4 rings (SSSR count). The number of fused-ring (bicyclic) bond motifs is 1. The van der Waals surface area contributed by atoms with Gasteiger partial charge < -0.3 is 19.7 Å². The van der Waals surface area contributed by atoms with E-state index < -0.39 is 17.1 Å². The third kappa shape index (κ3) is 3.87. The number of anilines is 1. The average Bonchev–Trinajstić information content (AvgIpc) is 2.76. The lowest BCUT2D eigenvalue weighted by Crippen LogP contribution is -2.35. The monoisotopic (exact) mass is 423 g/mol.